The molecule has 120 valence electrons. The van der Waals surface area contributed by atoms with Crippen molar-refractivity contribution in [2.45, 2.75) is 52.4 Å². The van der Waals surface area contributed by atoms with Gasteiger partial charge in [0.2, 0.25) is 0 Å². The number of hydrogen-bond donors (Lipinski definition) is 0. The van der Waals surface area contributed by atoms with Gasteiger partial charge < -0.3 is 0 Å². The summed E-state index contributed by atoms with van der Waals surface area (Å²) in [5, 5.41) is 0. The van der Waals surface area contributed by atoms with E-state index in [-0.39, 0.29) is 11.2 Å². The van der Waals surface area contributed by atoms with Crippen LogP contribution in [0, 0.1) is 0 Å². The zero-order valence-electron chi connectivity index (χ0n) is 13.0. The average molecular weight is 680 g/mol. The second-order valence-corrected chi connectivity index (χ2v) is 26.3. The Hall–Kier alpha value is 0.848. The molecule has 21 heavy (non-hydrogen) atoms. The van der Waals surface area contributed by atoms with Crippen molar-refractivity contribution in [1.29, 1.82) is 0 Å². The number of aryl methyl sites for hydroxylation is 2. The SMILES string of the molecule is CCCC[c-]1cccc1.CCCC[c-]1cccc1.[I][W][I]. The van der Waals surface area contributed by atoms with Gasteiger partial charge in [0.25, 0.3) is 0 Å². The fraction of sp³-hybridized carbons (Fsp3) is 0.444. The first kappa shape index (κ1) is 21.8. The van der Waals surface area contributed by atoms with E-state index in [9.17, 15) is 0 Å². The Balaban J connectivity index is 0.000000322. The molecule has 0 aliphatic heterocycles. The molecule has 0 saturated carbocycles. The van der Waals surface area contributed by atoms with Gasteiger partial charge in [0, 0.05) is 0 Å². The van der Waals surface area contributed by atoms with Gasteiger partial charge in [-0.3, -0.25) is 0 Å². The third kappa shape index (κ3) is 14.2. The first-order chi connectivity index (χ1) is 10.3. The molecular weight excluding hydrogens is 654 g/mol. The number of halogens is 2. The van der Waals surface area contributed by atoms with Gasteiger partial charge in [0.1, 0.15) is 0 Å². The zero-order chi connectivity index (χ0) is 15.8. The molecule has 0 aliphatic rings. The maximum absolute atomic E-state index is 2.44. The quantitative estimate of drug-likeness (QED) is 0.223. The topological polar surface area (TPSA) is 0 Å². The van der Waals surface area contributed by atoms with E-state index in [0.29, 0.717) is 0 Å². The van der Waals surface area contributed by atoms with Crippen molar-refractivity contribution in [3.05, 3.63) is 59.7 Å². The molecule has 0 heterocycles. The predicted octanol–water partition coefficient (Wildman–Crippen LogP) is 7.27. The summed E-state index contributed by atoms with van der Waals surface area (Å²) in [5.74, 6) is 0. The molecular formula is C18H26I2W-2. The van der Waals surface area contributed by atoms with Gasteiger partial charge >= 0.3 is 49.9 Å². The van der Waals surface area contributed by atoms with Gasteiger partial charge in [0.05, 0.1) is 0 Å². The van der Waals surface area contributed by atoms with E-state index in [1.54, 1.807) is 0 Å². The molecule has 0 fully saturated rings. The van der Waals surface area contributed by atoms with Crippen LogP contribution in [0.25, 0.3) is 0 Å². The molecule has 0 amide bonds. The Labute approximate surface area is 160 Å². The van der Waals surface area contributed by atoms with Crippen LogP contribution in [0.2, 0.25) is 0 Å². The standard InChI is InChI=1S/2C9H13.2HI.W/c2*1-2-3-6-9-7-4-5-8-9;;;/h2*4-5,7-8H,2-3,6H2,1H3;2*1H;/q2*-1;;;+2/p-2. The zero-order valence-corrected chi connectivity index (χ0v) is 20.3. The van der Waals surface area contributed by atoms with Crippen molar-refractivity contribution in [3.8, 4) is 0 Å². The van der Waals surface area contributed by atoms with Gasteiger partial charge in [0.15, 0.2) is 0 Å². The van der Waals surface area contributed by atoms with Crippen LogP contribution >= 0.6 is 38.7 Å². The second kappa shape index (κ2) is 17.2. The number of hydrogen-bond acceptors (Lipinski definition) is 0. The molecule has 0 aliphatic carbocycles. The molecule has 0 atom stereocenters. The Morgan fingerprint density at radius 2 is 1.00 bits per heavy atom. The van der Waals surface area contributed by atoms with Crippen molar-refractivity contribution in [2.75, 3.05) is 0 Å². The second-order valence-electron chi connectivity index (χ2n) is 4.85. The monoisotopic (exact) mass is 680 g/mol. The van der Waals surface area contributed by atoms with E-state index >= 15 is 0 Å². The Morgan fingerprint density at radius 3 is 1.24 bits per heavy atom. The van der Waals surface area contributed by atoms with E-state index in [4.69, 9.17) is 0 Å². The van der Waals surface area contributed by atoms with Crippen LogP contribution in [-0.4, -0.2) is 0 Å². The molecule has 0 spiro atoms. The number of rotatable bonds is 6. The van der Waals surface area contributed by atoms with Crippen LogP contribution in [0.15, 0.2) is 48.5 Å². The maximum atomic E-state index is 2.44. The van der Waals surface area contributed by atoms with Gasteiger partial charge in [-0.1, -0.05) is 52.4 Å². The van der Waals surface area contributed by atoms with Gasteiger partial charge in [-0.25, -0.2) is 24.3 Å². The fourth-order valence-electron chi connectivity index (χ4n) is 1.92. The first-order valence-corrected chi connectivity index (χ1v) is 24.2. The van der Waals surface area contributed by atoms with E-state index in [1.807, 2.05) is 0 Å². The fourth-order valence-corrected chi connectivity index (χ4v) is 1.92. The molecule has 0 unspecified atom stereocenters. The average Bonchev–Trinajstić information content (AvgIpc) is 3.18. The molecule has 3 heteroatoms. The van der Waals surface area contributed by atoms with Crippen LogP contribution in [0.5, 0.6) is 0 Å². The summed E-state index contributed by atoms with van der Waals surface area (Å²) in [6, 6.07) is 17.2. The van der Waals surface area contributed by atoms with Crippen molar-refractivity contribution >= 4 is 38.7 Å². The van der Waals surface area contributed by atoms with E-state index in [2.05, 4.69) is 101 Å². The van der Waals surface area contributed by atoms with Crippen molar-refractivity contribution in [3.63, 3.8) is 0 Å². The third-order valence-corrected chi connectivity index (χ3v) is 3.10. The summed E-state index contributed by atoms with van der Waals surface area (Å²) in [6.07, 6.45) is 7.75. The van der Waals surface area contributed by atoms with Crippen LogP contribution in [0.1, 0.15) is 50.7 Å². The predicted molar refractivity (Wildman–Crippen MR) is 109 cm³/mol. The van der Waals surface area contributed by atoms with E-state index in [1.165, 1.54) is 49.7 Å². The molecule has 2 aromatic carbocycles. The van der Waals surface area contributed by atoms with Gasteiger partial charge in [-0.05, 0) is 0 Å². The van der Waals surface area contributed by atoms with Crippen LogP contribution in [-0.2, 0) is 24.0 Å². The summed E-state index contributed by atoms with van der Waals surface area (Å²) >= 11 is 5.07. The summed E-state index contributed by atoms with van der Waals surface area (Å²) < 4.78 is 0. The minimum atomic E-state index is 0.190. The first-order valence-electron chi connectivity index (χ1n) is 7.58. The Bertz CT molecular complexity index is 341. The van der Waals surface area contributed by atoms with Crippen molar-refractivity contribution < 1.29 is 11.2 Å². The summed E-state index contributed by atoms with van der Waals surface area (Å²) in [6.45, 7) is 4.45. The van der Waals surface area contributed by atoms with Gasteiger partial charge in [-0.2, -0.15) is 35.4 Å². The summed E-state index contributed by atoms with van der Waals surface area (Å²) in [7, 11) is 0. The van der Waals surface area contributed by atoms with Gasteiger partial charge in [-0.15, -0.1) is 0 Å². The minimum absolute atomic E-state index is 0.190. The Kier molecular flexibility index (Phi) is 17.9. The van der Waals surface area contributed by atoms with E-state index in [0.717, 1.165) is 0 Å². The van der Waals surface area contributed by atoms with E-state index < -0.39 is 0 Å². The van der Waals surface area contributed by atoms with Crippen molar-refractivity contribution in [2.24, 2.45) is 0 Å². The Morgan fingerprint density at radius 1 is 0.714 bits per heavy atom. The molecule has 0 bridgehead atoms. The molecule has 2 rings (SSSR count). The normalized spacial score (nSPS) is 9.33. The summed E-state index contributed by atoms with van der Waals surface area (Å²) in [4.78, 5) is 0. The van der Waals surface area contributed by atoms with Crippen LogP contribution in [0.3, 0.4) is 0 Å². The molecule has 0 N–H and O–H groups in total. The van der Waals surface area contributed by atoms with Crippen LogP contribution < -0.4 is 0 Å². The third-order valence-electron chi connectivity index (χ3n) is 3.10. The molecule has 2 aromatic rings. The van der Waals surface area contributed by atoms with Crippen LogP contribution in [0.4, 0.5) is 0 Å². The molecule has 0 nitrogen and oxygen atoms in total. The summed E-state index contributed by atoms with van der Waals surface area (Å²) in [5.41, 5.74) is 2.97. The molecule has 0 saturated heterocycles. The van der Waals surface area contributed by atoms with Crippen molar-refractivity contribution in [1.82, 2.24) is 0 Å². The number of unbranched alkanes of at least 4 members (excludes halogenated alkanes) is 2. The molecule has 0 radical (unpaired) electrons. The molecule has 0 aromatic heterocycles.